The third-order valence-corrected chi connectivity index (χ3v) is 6.63. The highest BCUT2D eigenvalue weighted by molar-refractivity contribution is 5.96. The first-order chi connectivity index (χ1) is 16.8. The molecule has 3 aromatic rings. The number of nitrogens with zero attached hydrogens (tertiary/aromatic N) is 4. The quantitative estimate of drug-likeness (QED) is 0.432. The molecule has 0 amide bonds. The Morgan fingerprint density at radius 1 is 1.20 bits per heavy atom. The first-order valence-corrected chi connectivity index (χ1v) is 11.6. The van der Waals surface area contributed by atoms with Crippen LogP contribution in [-0.4, -0.2) is 72.9 Å². The summed E-state index contributed by atoms with van der Waals surface area (Å²) in [4.78, 5) is 11.5. The lowest BCUT2D eigenvalue weighted by Crippen LogP contribution is -2.57. The maximum absolute atomic E-state index is 6.64. The molecule has 0 radical (unpaired) electrons. The molecule has 2 atom stereocenters. The Kier molecular flexibility index (Phi) is 7.11. The second kappa shape index (κ2) is 10.1. The normalized spacial score (nSPS) is 20.1. The second-order valence-corrected chi connectivity index (χ2v) is 9.07. The van der Waals surface area contributed by atoms with Gasteiger partial charge in [-0.15, -0.1) is 0 Å². The van der Waals surface area contributed by atoms with E-state index in [1.807, 2.05) is 32.3 Å². The number of ether oxygens (including phenoxy) is 2. The van der Waals surface area contributed by atoms with Gasteiger partial charge in [-0.3, -0.25) is 0 Å². The summed E-state index contributed by atoms with van der Waals surface area (Å²) in [5, 5.41) is 7.82. The van der Waals surface area contributed by atoms with E-state index in [0.717, 1.165) is 35.1 Å². The van der Waals surface area contributed by atoms with Crippen LogP contribution in [0.25, 0.3) is 22.2 Å². The minimum Gasteiger partial charge on any atom is -0.495 e. The van der Waals surface area contributed by atoms with E-state index in [2.05, 4.69) is 63.6 Å². The lowest BCUT2D eigenvalue weighted by atomic mass is 9.82. The molecule has 0 spiro atoms. The van der Waals surface area contributed by atoms with Crippen molar-refractivity contribution in [2.75, 3.05) is 47.2 Å². The third-order valence-electron chi connectivity index (χ3n) is 6.63. The molecule has 186 valence electrons. The molecule has 4 rings (SSSR count). The monoisotopic (exact) mass is 477 g/mol. The molecule has 0 saturated heterocycles. The van der Waals surface area contributed by atoms with Crippen LogP contribution in [0.4, 0.5) is 5.95 Å². The van der Waals surface area contributed by atoms with Crippen LogP contribution in [0, 0.1) is 0 Å². The zero-order valence-electron chi connectivity index (χ0n) is 21.3. The molecule has 9 nitrogen and oxygen atoms in total. The smallest absolute Gasteiger partial charge is 0.228 e. The third kappa shape index (κ3) is 4.75. The minimum absolute atomic E-state index is 0.273. The summed E-state index contributed by atoms with van der Waals surface area (Å²) in [7, 11) is 11.3. The van der Waals surface area contributed by atoms with Crippen LogP contribution >= 0.6 is 0 Å². The summed E-state index contributed by atoms with van der Waals surface area (Å²) in [6.07, 6.45) is 8.59. The lowest BCUT2D eigenvalue weighted by Gasteiger charge is -2.39. The van der Waals surface area contributed by atoms with Gasteiger partial charge in [0.05, 0.1) is 31.7 Å². The van der Waals surface area contributed by atoms with E-state index in [0.29, 0.717) is 23.2 Å². The molecule has 0 aliphatic heterocycles. The van der Waals surface area contributed by atoms with Gasteiger partial charge in [0.1, 0.15) is 11.5 Å². The second-order valence-electron chi connectivity index (χ2n) is 9.07. The number of rotatable bonds is 9. The molecule has 0 bridgehead atoms. The van der Waals surface area contributed by atoms with Gasteiger partial charge in [0.25, 0.3) is 0 Å². The molecule has 1 aliphatic rings. The molecule has 0 saturated carbocycles. The van der Waals surface area contributed by atoms with E-state index >= 15 is 0 Å². The van der Waals surface area contributed by atoms with Crippen molar-refractivity contribution < 1.29 is 9.47 Å². The molecule has 4 N–H and O–H groups in total. The first kappa shape index (κ1) is 24.7. The predicted octanol–water partition coefficient (Wildman–Crippen LogP) is 2.72. The van der Waals surface area contributed by atoms with Gasteiger partial charge < -0.3 is 35.3 Å². The molecule has 0 fully saturated rings. The van der Waals surface area contributed by atoms with Gasteiger partial charge in [-0.05, 0) is 52.3 Å². The Balaban J connectivity index is 1.69. The summed E-state index contributed by atoms with van der Waals surface area (Å²) in [5.74, 6) is 1.72. The number of aryl methyl sites for hydroxylation is 1. The van der Waals surface area contributed by atoms with Gasteiger partial charge in [0.15, 0.2) is 5.75 Å². The Hall–Kier alpha value is -3.40. The Morgan fingerprint density at radius 2 is 1.97 bits per heavy atom. The van der Waals surface area contributed by atoms with Crippen LogP contribution in [0.15, 0.2) is 60.3 Å². The fourth-order valence-corrected chi connectivity index (χ4v) is 4.53. The molecule has 9 heteroatoms. The molecule has 2 heterocycles. The van der Waals surface area contributed by atoms with E-state index in [-0.39, 0.29) is 6.04 Å². The van der Waals surface area contributed by atoms with Gasteiger partial charge in [-0.25, -0.2) is 9.97 Å². The van der Waals surface area contributed by atoms with Crippen molar-refractivity contribution in [2.24, 2.45) is 12.8 Å². The lowest BCUT2D eigenvalue weighted by molar-refractivity contribution is 0.260. The largest absolute Gasteiger partial charge is 0.495 e. The van der Waals surface area contributed by atoms with Gasteiger partial charge >= 0.3 is 0 Å². The maximum atomic E-state index is 6.64. The van der Waals surface area contributed by atoms with Crippen molar-refractivity contribution in [3.63, 3.8) is 0 Å². The van der Waals surface area contributed by atoms with Crippen molar-refractivity contribution >= 4 is 16.9 Å². The molecule has 2 aromatic heterocycles. The van der Waals surface area contributed by atoms with E-state index in [4.69, 9.17) is 20.2 Å². The van der Waals surface area contributed by atoms with E-state index < -0.39 is 5.54 Å². The summed E-state index contributed by atoms with van der Waals surface area (Å²) in [5.41, 5.74) is 9.74. The average molecular weight is 478 g/mol. The molecule has 1 aromatic carbocycles. The summed E-state index contributed by atoms with van der Waals surface area (Å²) in [6.45, 7) is 0.884. The molecular weight excluding hydrogens is 442 g/mol. The number of hydrogen-bond acceptors (Lipinski definition) is 8. The molecule has 1 aliphatic carbocycles. The van der Waals surface area contributed by atoms with Crippen LogP contribution < -0.4 is 21.1 Å². The standard InChI is InChI=1S/C26H35N7O2/c1-28-26(11-12-32(2)3)14-21(34-5)19(13-23(26)27)30-25-29-15-22(35-6)24(31-25)18-16-33(4)20-10-8-7-9-17(18)20/h7-10,13-16,23,28H,11-12,27H2,1-6H3,(H,29,30,31). The van der Waals surface area contributed by atoms with Crippen LogP contribution in [0.1, 0.15) is 6.42 Å². The highest BCUT2D eigenvalue weighted by Gasteiger charge is 2.37. The predicted molar refractivity (Wildman–Crippen MR) is 140 cm³/mol. The van der Waals surface area contributed by atoms with Crippen molar-refractivity contribution in [3.8, 4) is 17.0 Å². The zero-order valence-corrected chi connectivity index (χ0v) is 21.3. The van der Waals surface area contributed by atoms with Gasteiger partial charge in [0, 0.05) is 35.8 Å². The van der Waals surface area contributed by atoms with E-state index in [1.54, 1.807) is 20.4 Å². The first-order valence-electron chi connectivity index (χ1n) is 11.6. The van der Waals surface area contributed by atoms with E-state index in [1.165, 1.54) is 0 Å². The summed E-state index contributed by atoms with van der Waals surface area (Å²) >= 11 is 0. The maximum Gasteiger partial charge on any atom is 0.228 e. The van der Waals surface area contributed by atoms with Crippen molar-refractivity contribution in [1.29, 1.82) is 0 Å². The number of para-hydroxylation sites is 1. The molecular formula is C26H35N7O2. The Bertz CT molecular complexity index is 1260. The van der Waals surface area contributed by atoms with Crippen LogP contribution in [0.3, 0.4) is 0 Å². The number of benzene rings is 1. The van der Waals surface area contributed by atoms with Crippen LogP contribution in [-0.2, 0) is 11.8 Å². The number of nitrogens with one attached hydrogen (secondary N) is 2. The van der Waals surface area contributed by atoms with Crippen molar-refractivity contribution in [3.05, 3.63) is 60.3 Å². The van der Waals surface area contributed by atoms with Gasteiger partial charge in [-0.2, -0.15) is 0 Å². The van der Waals surface area contributed by atoms with Gasteiger partial charge in [0.2, 0.25) is 5.95 Å². The van der Waals surface area contributed by atoms with Crippen molar-refractivity contribution in [2.45, 2.75) is 18.0 Å². The zero-order chi connectivity index (χ0) is 25.2. The van der Waals surface area contributed by atoms with Crippen LogP contribution in [0.2, 0.25) is 0 Å². The SMILES string of the molecule is CNC1(CCN(C)C)C=C(OC)C(Nc2ncc(OC)c(-c3cn(C)c4ccccc34)n2)=CC1N. The van der Waals surface area contributed by atoms with Gasteiger partial charge in [-0.1, -0.05) is 18.2 Å². The average Bonchev–Trinajstić information content (AvgIpc) is 3.20. The summed E-state index contributed by atoms with van der Waals surface area (Å²) in [6, 6.07) is 7.94. The molecule has 35 heavy (non-hydrogen) atoms. The molecule has 2 unspecified atom stereocenters. The number of methoxy groups -OCH3 is 2. The minimum atomic E-state index is -0.421. The number of fused-ring (bicyclic) bond motifs is 1. The highest BCUT2D eigenvalue weighted by Crippen LogP contribution is 2.35. The number of nitrogens with two attached hydrogens (primary N) is 1. The van der Waals surface area contributed by atoms with Crippen molar-refractivity contribution in [1.82, 2.24) is 24.8 Å². The Morgan fingerprint density at radius 3 is 2.66 bits per heavy atom. The highest BCUT2D eigenvalue weighted by atomic mass is 16.5. The summed E-state index contributed by atoms with van der Waals surface area (Å²) < 4.78 is 13.4. The number of anilines is 1. The van der Waals surface area contributed by atoms with Crippen LogP contribution in [0.5, 0.6) is 5.75 Å². The van der Waals surface area contributed by atoms with E-state index in [9.17, 15) is 0 Å². The topological polar surface area (TPSA) is 102 Å². The fraction of sp³-hybridized carbons (Fsp3) is 0.385. The Labute approximate surface area is 206 Å². The fourth-order valence-electron chi connectivity index (χ4n) is 4.53. The number of likely N-dealkylation sites (N-methyl/N-ethyl adjacent to an activating group) is 1. The number of hydrogen-bond donors (Lipinski definition) is 3. The number of aromatic nitrogens is 3.